The van der Waals surface area contributed by atoms with Crippen molar-refractivity contribution in [3.8, 4) is 0 Å². The average Bonchev–Trinajstić information content (AvgIpc) is 3.11. The summed E-state index contributed by atoms with van der Waals surface area (Å²) in [7, 11) is 0. The average molecular weight is 383 g/mol. The highest BCUT2D eigenvalue weighted by molar-refractivity contribution is 9.10. The van der Waals surface area contributed by atoms with E-state index in [1.54, 1.807) is 17.6 Å². The number of furan rings is 1. The molecule has 0 aliphatic heterocycles. The monoisotopic (exact) mass is 381 g/mol. The lowest BCUT2D eigenvalue weighted by Crippen LogP contribution is -2.10. The van der Waals surface area contributed by atoms with Crippen molar-refractivity contribution in [2.75, 3.05) is 5.32 Å². The number of anilines is 1. The molecule has 1 N–H and O–H groups in total. The molecule has 3 rings (SSSR count). The van der Waals surface area contributed by atoms with Gasteiger partial charge in [-0.25, -0.2) is 0 Å². The zero-order chi connectivity index (χ0) is 14.8. The van der Waals surface area contributed by atoms with Crippen molar-refractivity contribution in [1.82, 2.24) is 0 Å². The van der Waals surface area contributed by atoms with Crippen molar-refractivity contribution in [1.29, 1.82) is 0 Å². The van der Waals surface area contributed by atoms with Gasteiger partial charge < -0.3 is 9.73 Å². The van der Waals surface area contributed by atoms with Crippen LogP contribution in [0.4, 0.5) is 5.69 Å². The molecular formula is C16H13BrClNOS. The lowest BCUT2D eigenvalue weighted by atomic mass is 10.1. The van der Waals surface area contributed by atoms with Gasteiger partial charge >= 0.3 is 0 Å². The van der Waals surface area contributed by atoms with Gasteiger partial charge in [-0.15, -0.1) is 11.3 Å². The molecule has 0 saturated carbocycles. The van der Waals surface area contributed by atoms with E-state index >= 15 is 0 Å². The van der Waals surface area contributed by atoms with Crippen LogP contribution in [0.5, 0.6) is 0 Å². The molecular weight excluding hydrogens is 370 g/mol. The van der Waals surface area contributed by atoms with Crippen molar-refractivity contribution in [2.24, 2.45) is 0 Å². The molecule has 0 spiro atoms. The Hall–Kier alpha value is -1.23. The van der Waals surface area contributed by atoms with E-state index in [-0.39, 0.29) is 6.04 Å². The summed E-state index contributed by atoms with van der Waals surface area (Å²) < 4.78 is 7.38. The van der Waals surface area contributed by atoms with Crippen LogP contribution in [0.25, 0.3) is 0 Å². The van der Waals surface area contributed by atoms with Gasteiger partial charge in [-0.05, 0) is 64.8 Å². The van der Waals surface area contributed by atoms with Crippen LogP contribution in [-0.2, 0) is 0 Å². The summed E-state index contributed by atoms with van der Waals surface area (Å²) >= 11 is 11.2. The van der Waals surface area contributed by atoms with Crippen LogP contribution < -0.4 is 5.32 Å². The fraction of sp³-hybridized carbons (Fsp3) is 0.125. The third-order valence-corrected chi connectivity index (χ3v) is 5.12. The molecule has 2 heterocycles. The Bertz CT molecular complexity index is 739. The molecule has 2 aromatic heterocycles. The molecule has 108 valence electrons. The van der Waals surface area contributed by atoms with Crippen molar-refractivity contribution in [2.45, 2.75) is 13.0 Å². The minimum atomic E-state index is -0.0596. The number of thiophene rings is 1. The van der Waals surface area contributed by atoms with E-state index < -0.39 is 0 Å². The molecule has 21 heavy (non-hydrogen) atoms. The van der Waals surface area contributed by atoms with E-state index in [9.17, 15) is 0 Å². The Morgan fingerprint density at radius 3 is 2.76 bits per heavy atom. The number of halogens is 2. The highest BCUT2D eigenvalue weighted by Gasteiger charge is 2.19. The van der Waals surface area contributed by atoms with Gasteiger partial charge in [-0.1, -0.05) is 17.7 Å². The zero-order valence-corrected chi connectivity index (χ0v) is 14.4. The Morgan fingerprint density at radius 1 is 1.24 bits per heavy atom. The first-order chi connectivity index (χ1) is 10.1. The second-order valence-corrected chi connectivity index (χ2v) is 7.32. The van der Waals surface area contributed by atoms with E-state index in [0.717, 1.165) is 25.1 Å². The largest absolute Gasteiger partial charge is 0.467 e. The zero-order valence-electron chi connectivity index (χ0n) is 11.3. The molecule has 0 amide bonds. The number of rotatable bonds is 4. The summed E-state index contributed by atoms with van der Waals surface area (Å²) in [6.45, 7) is 2.07. The van der Waals surface area contributed by atoms with Crippen LogP contribution in [0.15, 0.2) is 57.6 Å². The van der Waals surface area contributed by atoms with Crippen LogP contribution >= 0.6 is 38.9 Å². The van der Waals surface area contributed by atoms with Gasteiger partial charge in [-0.2, -0.15) is 0 Å². The van der Waals surface area contributed by atoms with Crippen molar-refractivity contribution in [3.05, 3.63) is 73.7 Å². The molecule has 0 aliphatic carbocycles. The van der Waals surface area contributed by atoms with E-state index in [2.05, 4.69) is 40.3 Å². The first-order valence-corrected chi connectivity index (χ1v) is 8.43. The van der Waals surface area contributed by atoms with Crippen LogP contribution in [0.2, 0.25) is 4.34 Å². The standard InChI is InChI=1S/C16H13BrClNOS/c1-10-4-5-11(17)12(9-10)19-16(13-3-2-8-20-13)14-6-7-15(18)21-14/h2-9,16,19H,1H3. The highest BCUT2D eigenvalue weighted by atomic mass is 79.9. The lowest BCUT2D eigenvalue weighted by molar-refractivity contribution is 0.500. The first-order valence-electron chi connectivity index (χ1n) is 6.45. The summed E-state index contributed by atoms with van der Waals surface area (Å²) in [6.07, 6.45) is 1.69. The molecule has 0 saturated heterocycles. The molecule has 2 nitrogen and oxygen atoms in total. The second kappa shape index (κ2) is 6.26. The van der Waals surface area contributed by atoms with Crippen LogP contribution in [0, 0.1) is 6.92 Å². The quantitative estimate of drug-likeness (QED) is 0.575. The van der Waals surface area contributed by atoms with Gasteiger partial charge in [0.05, 0.1) is 10.6 Å². The normalized spacial score (nSPS) is 12.3. The van der Waals surface area contributed by atoms with Crippen LogP contribution in [0.1, 0.15) is 22.2 Å². The summed E-state index contributed by atoms with van der Waals surface area (Å²) in [5.41, 5.74) is 2.23. The second-order valence-electron chi connectivity index (χ2n) is 4.72. The maximum absolute atomic E-state index is 6.08. The number of benzene rings is 1. The lowest BCUT2D eigenvalue weighted by Gasteiger charge is -2.18. The third-order valence-electron chi connectivity index (χ3n) is 3.13. The van der Waals surface area contributed by atoms with E-state index in [1.165, 1.54) is 5.56 Å². The minimum Gasteiger partial charge on any atom is -0.467 e. The van der Waals surface area contributed by atoms with E-state index in [0.29, 0.717) is 0 Å². The molecule has 3 aromatic rings. The van der Waals surface area contributed by atoms with Gasteiger partial charge in [0.15, 0.2) is 0 Å². The smallest absolute Gasteiger partial charge is 0.131 e. The Morgan fingerprint density at radius 2 is 2.10 bits per heavy atom. The fourth-order valence-electron chi connectivity index (χ4n) is 2.13. The summed E-state index contributed by atoms with van der Waals surface area (Å²) in [4.78, 5) is 1.11. The topological polar surface area (TPSA) is 25.2 Å². The maximum Gasteiger partial charge on any atom is 0.131 e. The summed E-state index contributed by atoms with van der Waals surface area (Å²) in [6, 6.07) is 13.9. The molecule has 0 bridgehead atoms. The predicted octanol–water partition coefficient (Wildman–Crippen LogP) is 6.27. The summed E-state index contributed by atoms with van der Waals surface area (Å²) in [5.74, 6) is 0.863. The van der Waals surface area contributed by atoms with Crippen LogP contribution in [0.3, 0.4) is 0 Å². The molecule has 1 aromatic carbocycles. The molecule has 1 unspecified atom stereocenters. The number of hydrogen-bond donors (Lipinski definition) is 1. The van der Waals surface area contributed by atoms with Gasteiger partial charge in [-0.3, -0.25) is 0 Å². The fourth-order valence-corrected chi connectivity index (χ4v) is 3.61. The SMILES string of the molecule is Cc1ccc(Br)c(NC(c2ccco2)c2ccc(Cl)s2)c1. The Balaban J connectivity index is 1.98. The molecule has 0 aliphatic rings. The molecule has 0 radical (unpaired) electrons. The van der Waals surface area contributed by atoms with E-state index in [1.807, 2.05) is 30.3 Å². The Kier molecular flexibility index (Phi) is 4.38. The van der Waals surface area contributed by atoms with Crippen molar-refractivity contribution < 1.29 is 4.42 Å². The number of hydrogen-bond acceptors (Lipinski definition) is 3. The van der Waals surface area contributed by atoms with Crippen molar-refractivity contribution in [3.63, 3.8) is 0 Å². The highest BCUT2D eigenvalue weighted by Crippen LogP contribution is 2.35. The summed E-state index contributed by atoms with van der Waals surface area (Å²) in [5, 5.41) is 3.53. The third kappa shape index (κ3) is 3.34. The minimum absolute atomic E-state index is 0.0596. The van der Waals surface area contributed by atoms with Gasteiger partial charge in [0, 0.05) is 15.0 Å². The van der Waals surface area contributed by atoms with E-state index in [4.69, 9.17) is 16.0 Å². The molecule has 5 heteroatoms. The Labute approximate surface area is 140 Å². The number of nitrogens with one attached hydrogen (secondary N) is 1. The van der Waals surface area contributed by atoms with Crippen LogP contribution in [-0.4, -0.2) is 0 Å². The first kappa shape index (κ1) is 14.7. The van der Waals surface area contributed by atoms with Gasteiger partial charge in [0.25, 0.3) is 0 Å². The number of aryl methyl sites for hydroxylation is 1. The molecule has 0 fully saturated rings. The van der Waals surface area contributed by atoms with Gasteiger partial charge in [0.2, 0.25) is 0 Å². The predicted molar refractivity (Wildman–Crippen MR) is 92.4 cm³/mol. The van der Waals surface area contributed by atoms with Crippen molar-refractivity contribution >= 4 is 44.6 Å². The maximum atomic E-state index is 6.08. The molecule has 1 atom stereocenters. The van der Waals surface area contributed by atoms with Gasteiger partial charge in [0.1, 0.15) is 11.8 Å².